The number of hydrogen-bond acceptors (Lipinski definition) is 3. The van der Waals surface area contributed by atoms with Crippen LogP contribution in [0.1, 0.15) is 17.9 Å². The number of halogens is 1. The number of nitrogens with zero attached hydrogens (tertiary/aromatic N) is 1. The van der Waals surface area contributed by atoms with Crippen molar-refractivity contribution in [2.24, 2.45) is 0 Å². The van der Waals surface area contributed by atoms with Crippen LogP contribution in [0.3, 0.4) is 0 Å². The van der Waals surface area contributed by atoms with Crippen LogP contribution in [0, 0.1) is 6.92 Å². The monoisotopic (exact) mass is 358 g/mol. The molecule has 1 N–H and O–H groups in total. The standard InChI is InChI=1S/C17H15BrN2O2/c1-11-19-15-9-12(5-7-16(15)22-11)6-8-17(21)20-14-4-2-3-13(18)10-14/h2-5,7,9-10H,6,8H2,1H3,(H,20,21). The maximum absolute atomic E-state index is 12.0. The number of nitrogens with one attached hydrogen (secondary N) is 1. The fraction of sp³-hybridized carbons (Fsp3) is 0.176. The zero-order valence-corrected chi connectivity index (χ0v) is 13.7. The molecule has 0 fully saturated rings. The van der Waals surface area contributed by atoms with E-state index in [1.54, 1.807) is 0 Å². The number of rotatable bonds is 4. The molecule has 5 heteroatoms. The van der Waals surface area contributed by atoms with Crippen molar-refractivity contribution in [3.8, 4) is 0 Å². The van der Waals surface area contributed by atoms with Crippen LogP contribution >= 0.6 is 15.9 Å². The van der Waals surface area contributed by atoms with Gasteiger partial charge in [-0.2, -0.15) is 0 Å². The van der Waals surface area contributed by atoms with Gasteiger partial charge in [0.15, 0.2) is 11.5 Å². The number of carbonyl (C=O) groups excluding carboxylic acids is 1. The molecule has 0 aliphatic carbocycles. The highest BCUT2D eigenvalue weighted by molar-refractivity contribution is 9.10. The molecule has 112 valence electrons. The highest BCUT2D eigenvalue weighted by atomic mass is 79.9. The topological polar surface area (TPSA) is 55.1 Å². The highest BCUT2D eigenvalue weighted by Gasteiger charge is 2.06. The predicted molar refractivity (Wildman–Crippen MR) is 89.8 cm³/mol. The molecule has 0 saturated carbocycles. The summed E-state index contributed by atoms with van der Waals surface area (Å²) in [6.07, 6.45) is 1.09. The summed E-state index contributed by atoms with van der Waals surface area (Å²) in [5, 5.41) is 2.89. The molecule has 0 spiro atoms. The summed E-state index contributed by atoms with van der Waals surface area (Å²) in [7, 11) is 0. The maximum atomic E-state index is 12.0. The molecule has 0 aliphatic rings. The molecular weight excluding hydrogens is 344 g/mol. The molecule has 0 bridgehead atoms. The lowest BCUT2D eigenvalue weighted by molar-refractivity contribution is -0.116. The van der Waals surface area contributed by atoms with Crippen molar-refractivity contribution < 1.29 is 9.21 Å². The van der Waals surface area contributed by atoms with Crippen molar-refractivity contribution in [2.45, 2.75) is 19.8 Å². The van der Waals surface area contributed by atoms with Crippen molar-refractivity contribution in [3.05, 3.63) is 58.4 Å². The van der Waals surface area contributed by atoms with Gasteiger partial charge in [0.2, 0.25) is 5.91 Å². The minimum absolute atomic E-state index is 0.00506. The van der Waals surface area contributed by atoms with Crippen molar-refractivity contribution in [2.75, 3.05) is 5.32 Å². The second-order valence-corrected chi connectivity index (χ2v) is 6.01. The van der Waals surface area contributed by atoms with E-state index in [4.69, 9.17) is 4.42 Å². The Morgan fingerprint density at radius 3 is 2.95 bits per heavy atom. The SMILES string of the molecule is Cc1nc2cc(CCC(=O)Nc3cccc(Br)c3)ccc2o1. The average molecular weight is 359 g/mol. The molecule has 0 unspecified atom stereocenters. The van der Waals surface area contributed by atoms with Gasteiger partial charge >= 0.3 is 0 Å². The van der Waals surface area contributed by atoms with Gasteiger partial charge in [0.1, 0.15) is 5.52 Å². The molecule has 0 atom stereocenters. The van der Waals surface area contributed by atoms with Gasteiger partial charge in [-0.3, -0.25) is 4.79 Å². The fourth-order valence-electron chi connectivity index (χ4n) is 2.29. The molecular formula is C17H15BrN2O2. The van der Waals surface area contributed by atoms with E-state index in [1.165, 1.54) is 0 Å². The van der Waals surface area contributed by atoms with Gasteiger partial charge in [0.05, 0.1) is 0 Å². The van der Waals surface area contributed by atoms with Gasteiger partial charge in [0.25, 0.3) is 0 Å². The molecule has 1 aromatic heterocycles. The van der Waals surface area contributed by atoms with E-state index in [2.05, 4.69) is 26.2 Å². The summed E-state index contributed by atoms with van der Waals surface area (Å²) < 4.78 is 6.39. The maximum Gasteiger partial charge on any atom is 0.224 e. The van der Waals surface area contributed by atoms with Crippen LogP contribution in [0.15, 0.2) is 51.4 Å². The second kappa shape index (κ2) is 6.32. The Morgan fingerprint density at radius 1 is 1.27 bits per heavy atom. The van der Waals surface area contributed by atoms with E-state index in [9.17, 15) is 4.79 Å². The van der Waals surface area contributed by atoms with Gasteiger partial charge in [-0.25, -0.2) is 4.98 Å². The third-order valence-corrected chi connectivity index (χ3v) is 3.80. The number of benzene rings is 2. The number of fused-ring (bicyclic) bond motifs is 1. The fourth-order valence-corrected chi connectivity index (χ4v) is 2.69. The van der Waals surface area contributed by atoms with E-state index in [-0.39, 0.29) is 5.91 Å². The minimum Gasteiger partial charge on any atom is -0.441 e. The molecule has 1 heterocycles. The lowest BCUT2D eigenvalue weighted by atomic mass is 10.1. The minimum atomic E-state index is -0.00506. The number of anilines is 1. The van der Waals surface area contributed by atoms with Crippen LogP contribution in [-0.2, 0) is 11.2 Å². The molecule has 0 radical (unpaired) electrons. The first-order valence-electron chi connectivity index (χ1n) is 7.02. The van der Waals surface area contributed by atoms with Crippen LogP contribution in [0.25, 0.3) is 11.1 Å². The van der Waals surface area contributed by atoms with Crippen LogP contribution in [0.4, 0.5) is 5.69 Å². The summed E-state index contributed by atoms with van der Waals surface area (Å²) in [6.45, 7) is 1.82. The molecule has 1 amide bonds. The largest absolute Gasteiger partial charge is 0.441 e. The third kappa shape index (κ3) is 3.54. The summed E-state index contributed by atoms with van der Waals surface area (Å²) in [6, 6.07) is 13.4. The quantitative estimate of drug-likeness (QED) is 0.748. The predicted octanol–water partition coefficient (Wildman–Crippen LogP) is 4.47. The van der Waals surface area contributed by atoms with E-state index in [1.807, 2.05) is 49.4 Å². The van der Waals surface area contributed by atoms with Crippen molar-refractivity contribution in [3.63, 3.8) is 0 Å². The smallest absolute Gasteiger partial charge is 0.224 e. The van der Waals surface area contributed by atoms with Crippen molar-refractivity contribution in [1.29, 1.82) is 0 Å². The Labute approximate surface area is 136 Å². The number of aromatic nitrogens is 1. The van der Waals surface area contributed by atoms with Crippen LogP contribution in [-0.4, -0.2) is 10.9 Å². The van der Waals surface area contributed by atoms with Crippen molar-refractivity contribution in [1.82, 2.24) is 4.98 Å². The van der Waals surface area contributed by atoms with Crippen LogP contribution < -0.4 is 5.32 Å². The van der Waals surface area contributed by atoms with Gasteiger partial charge in [-0.15, -0.1) is 0 Å². The summed E-state index contributed by atoms with van der Waals surface area (Å²) in [5.74, 6) is 0.647. The molecule has 2 aromatic carbocycles. The number of oxazole rings is 1. The zero-order valence-electron chi connectivity index (χ0n) is 12.1. The van der Waals surface area contributed by atoms with E-state index < -0.39 is 0 Å². The molecule has 3 rings (SSSR count). The normalized spacial score (nSPS) is 10.8. The number of amides is 1. The van der Waals surface area contributed by atoms with Gasteiger partial charge in [-0.1, -0.05) is 28.1 Å². The highest BCUT2D eigenvalue weighted by Crippen LogP contribution is 2.18. The second-order valence-electron chi connectivity index (χ2n) is 5.09. The van der Waals surface area contributed by atoms with Gasteiger partial charge in [-0.05, 0) is 42.3 Å². The third-order valence-electron chi connectivity index (χ3n) is 3.31. The Bertz CT molecular complexity index is 826. The first-order chi connectivity index (χ1) is 10.6. The van der Waals surface area contributed by atoms with E-state index in [0.717, 1.165) is 26.8 Å². The van der Waals surface area contributed by atoms with Crippen LogP contribution in [0.2, 0.25) is 0 Å². The lowest BCUT2D eigenvalue weighted by Crippen LogP contribution is -2.12. The van der Waals surface area contributed by atoms with E-state index >= 15 is 0 Å². The summed E-state index contributed by atoms with van der Waals surface area (Å²) in [4.78, 5) is 16.3. The molecule has 0 aliphatic heterocycles. The van der Waals surface area contributed by atoms with E-state index in [0.29, 0.717) is 18.7 Å². The molecule has 4 nitrogen and oxygen atoms in total. The molecule has 22 heavy (non-hydrogen) atoms. The number of carbonyl (C=O) groups is 1. The first-order valence-corrected chi connectivity index (χ1v) is 7.81. The lowest BCUT2D eigenvalue weighted by Gasteiger charge is -2.05. The Kier molecular flexibility index (Phi) is 4.24. The van der Waals surface area contributed by atoms with Gasteiger partial charge in [0, 0.05) is 23.5 Å². The molecule has 0 saturated heterocycles. The molecule has 3 aromatic rings. The summed E-state index contributed by atoms with van der Waals surface area (Å²) in [5.41, 5.74) is 3.48. The first kappa shape index (κ1) is 14.8. The Morgan fingerprint density at radius 2 is 2.14 bits per heavy atom. The number of aryl methyl sites for hydroxylation is 2. The Hall–Kier alpha value is -2.14. The van der Waals surface area contributed by atoms with Crippen molar-refractivity contribution >= 4 is 38.6 Å². The number of hydrogen-bond donors (Lipinski definition) is 1. The average Bonchev–Trinajstić information content (AvgIpc) is 2.84. The van der Waals surface area contributed by atoms with Crippen LogP contribution in [0.5, 0.6) is 0 Å². The summed E-state index contributed by atoms with van der Waals surface area (Å²) >= 11 is 3.39. The zero-order chi connectivity index (χ0) is 15.5. The Balaban J connectivity index is 1.62. The van der Waals surface area contributed by atoms with Gasteiger partial charge < -0.3 is 9.73 Å².